The number of benzene rings is 1. The Morgan fingerprint density at radius 2 is 1.75 bits per heavy atom. The van der Waals surface area contributed by atoms with Crippen LogP contribution in [0.4, 0.5) is 5.82 Å². The molecular weight excluding hydrogens is 428 g/mol. The van der Waals surface area contributed by atoms with Crippen LogP contribution in [0.25, 0.3) is 5.82 Å². The molecule has 2 heterocycles. The summed E-state index contributed by atoms with van der Waals surface area (Å²) in [7, 11) is -3.31. The quantitative estimate of drug-likeness (QED) is 0.474. The van der Waals surface area contributed by atoms with Gasteiger partial charge in [-0.05, 0) is 63.6 Å². The normalized spacial score (nSPS) is 11.5. The maximum atomic E-state index is 12.2. The Bertz CT molecular complexity index is 1170. The van der Waals surface area contributed by atoms with Gasteiger partial charge >= 0.3 is 0 Å². The summed E-state index contributed by atoms with van der Waals surface area (Å²) in [5, 5.41) is 18.2. The van der Waals surface area contributed by atoms with Crippen LogP contribution in [-0.2, 0) is 21.1 Å². The first kappa shape index (κ1) is 23.4. The summed E-state index contributed by atoms with van der Waals surface area (Å²) in [5.41, 5.74) is 2.65. The van der Waals surface area contributed by atoms with Gasteiger partial charge in [-0.25, -0.2) is 13.1 Å². The lowest BCUT2D eigenvalue weighted by Crippen LogP contribution is -2.30. The Labute approximate surface area is 188 Å². The molecule has 0 saturated carbocycles. The number of nitrogens with zero attached hydrogens (tertiary/aromatic N) is 4. The molecule has 0 fully saturated rings. The number of hydrogen-bond acceptors (Lipinski definition) is 7. The molecule has 0 aliphatic carbocycles. The predicted octanol–water partition coefficient (Wildman–Crippen LogP) is 2.23. The number of rotatable bonds is 9. The van der Waals surface area contributed by atoms with Crippen molar-refractivity contribution in [1.82, 2.24) is 25.3 Å². The monoisotopic (exact) mass is 456 g/mol. The number of amides is 1. The van der Waals surface area contributed by atoms with Gasteiger partial charge in [-0.15, -0.1) is 10.2 Å². The van der Waals surface area contributed by atoms with Crippen molar-refractivity contribution in [2.24, 2.45) is 0 Å². The molecule has 9 nitrogen and oxygen atoms in total. The van der Waals surface area contributed by atoms with E-state index < -0.39 is 15.1 Å². The number of carbonyl (C=O) groups is 1. The molecule has 0 atom stereocenters. The summed E-state index contributed by atoms with van der Waals surface area (Å²) < 4.78 is 26.1. The van der Waals surface area contributed by atoms with E-state index in [-0.39, 0.29) is 17.2 Å². The van der Waals surface area contributed by atoms with Crippen LogP contribution in [0.1, 0.15) is 30.8 Å². The van der Waals surface area contributed by atoms with Crippen molar-refractivity contribution in [3.05, 3.63) is 59.4 Å². The highest BCUT2D eigenvalue weighted by molar-refractivity contribution is 7.92. The second kappa shape index (κ2) is 9.90. The topological polar surface area (TPSA) is 119 Å². The molecule has 0 aliphatic heterocycles. The number of aryl methyl sites for hydroxylation is 2. The molecular formula is C22H28N6O3S. The van der Waals surface area contributed by atoms with E-state index in [0.717, 1.165) is 17.0 Å². The van der Waals surface area contributed by atoms with Gasteiger partial charge in [0.05, 0.1) is 22.3 Å². The van der Waals surface area contributed by atoms with E-state index in [2.05, 4.69) is 25.9 Å². The molecule has 2 aromatic heterocycles. The van der Waals surface area contributed by atoms with Crippen molar-refractivity contribution in [2.45, 2.75) is 44.3 Å². The number of hydrogen-bond donors (Lipinski definition) is 2. The maximum Gasteiger partial charge on any atom is 0.224 e. The molecule has 0 unspecified atom stereocenters. The Hall–Kier alpha value is -3.27. The van der Waals surface area contributed by atoms with Crippen LogP contribution in [-0.4, -0.2) is 52.6 Å². The smallest absolute Gasteiger partial charge is 0.224 e. The van der Waals surface area contributed by atoms with Crippen LogP contribution in [0.5, 0.6) is 0 Å². The summed E-state index contributed by atoms with van der Waals surface area (Å²) >= 11 is 0. The van der Waals surface area contributed by atoms with E-state index in [1.807, 2.05) is 32.0 Å². The Morgan fingerprint density at radius 1 is 1.03 bits per heavy atom. The lowest BCUT2D eigenvalue weighted by molar-refractivity contribution is -0.120. The molecule has 0 bridgehead atoms. The van der Waals surface area contributed by atoms with Crippen LogP contribution in [0, 0.1) is 13.8 Å². The summed E-state index contributed by atoms with van der Waals surface area (Å²) in [6, 6.07) is 12.1. The van der Waals surface area contributed by atoms with Gasteiger partial charge in [0.2, 0.25) is 5.91 Å². The molecule has 10 heteroatoms. The van der Waals surface area contributed by atoms with E-state index in [1.165, 1.54) is 0 Å². The van der Waals surface area contributed by atoms with E-state index >= 15 is 0 Å². The van der Waals surface area contributed by atoms with Crippen molar-refractivity contribution < 1.29 is 13.2 Å². The Kier molecular flexibility index (Phi) is 7.24. The lowest BCUT2D eigenvalue weighted by Gasteiger charge is -2.10. The first-order chi connectivity index (χ1) is 15.2. The minimum atomic E-state index is -3.31. The standard InChI is InChI=1S/C22H28N6O3S/c1-15(2)32(30,31)19-7-5-18(6-8-19)14-22(29)24-12-11-23-20-9-10-21(26-25-20)28-17(4)13-16(3)27-28/h5-10,13,15H,11-12,14H2,1-4H3,(H,23,25)(H,24,29). The Morgan fingerprint density at radius 3 is 2.31 bits per heavy atom. The molecule has 1 aromatic carbocycles. The van der Waals surface area contributed by atoms with E-state index in [9.17, 15) is 13.2 Å². The van der Waals surface area contributed by atoms with E-state index in [1.54, 1.807) is 42.8 Å². The highest BCUT2D eigenvalue weighted by Gasteiger charge is 2.18. The molecule has 2 N–H and O–H groups in total. The predicted molar refractivity (Wildman–Crippen MR) is 123 cm³/mol. The van der Waals surface area contributed by atoms with Crippen molar-refractivity contribution >= 4 is 21.6 Å². The number of aromatic nitrogens is 4. The SMILES string of the molecule is Cc1cc(C)n(-c2ccc(NCCNC(=O)Cc3ccc(S(=O)(=O)C(C)C)cc3)nn2)n1. The highest BCUT2D eigenvalue weighted by atomic mass is 32.2. The average Bonchev–Trinajstić information content (AvgIpc) is 3.10. The van der Waals surface area contributed by atoms with E-state index in [0.29, 0.717) is 24.7 Å². The molecule has 0 spiro atoms. The van der Waals surface area contributed by atoms with Gasteiger partial charge in [0.25, 0.3) is 0 Å². The average molecular weight is 457 g/mol. The van der Waals surface area contributed by atoms with Gasteiger partial charge in [0.15, 0.2) is 15.7 Å². The fourth-order valence-corrected chi connectivity index (χ4v) is 4.16. The zero-order chi connectivity index (χ0) is 23.3. The van der Waals surface area contributed by atoms with Crippen LogP contribution in [0.3, 0.4) is 0 Å². The number of anilines is 1. The largest absolute Gasteiger partial charge is 0.367 e. The van der Waals surface area contributed by atoms with Crippen molar-refractivity contribution in [2.75, 3.05) is 18.4 Å². The van der Waals surface area contributed by atoms with E-state index in [4.69, 9.17) is 0 Å². The van der Waals surface area contributed by atoms with Gasteiger partial charge in [-0.2, -0.15) is 5.10 Å². The summed E-state index contributed by atoms with van der Waals surface area (Å²) in [5.74, 6) is 1.10. The third-order valence-corrected chi connectivity index (χ3v) is 7.04. The third kappa shape index (κ3) is 5.70. The van der Waals surface area contributed by atoms with Crippen LogP contribution in [0.2, 0.25) is 0 Å². The summed E-state index contributed by atoms with van der Waals surface area (Å²) in [4.78, 5) is 12.4. The van der Waals surface area contributed by atoms with Gasteiger partial charge in [0.1, 0.15) is 5.82 Å². The second-order valence-corrected chi connectivity index (χ2v) is 10.3. The van der Waals surface area contributed by atoms with Gasteiger partial charge in [-0.1, -0.05) is 12.1 Å². The molecule has 0 saturated heterocycles. The first-order valence-electron chi connectivity index (χ1n) is 10.4. The summed E-state index contributed by atoms with van der Waals surface area (Å²) in [6.45, 7) is 8.08. The van der Waals surface area contributed by atoms with Crippen molar-refractivity contribution in [3.63, 3.8) is 0 Å². The number of sulfone groups is 1. The van der Waals surface area contributed by atoms with Gasteiger partial charge in [0, 0.05) is 18.8 Å². The molecule has 0 aliphatic rings. The second-order valence-electron chi connectivity index (χ2n) is 7.81. The molecule has 3 aromatic rings. The minimum absolute atomic E-state index is 0.141. The molecule has 3 rings (SSSR count). The molecule has 32 heavy (non-hydrogen) atoms. The molecule has 1 amide bonds. The zero-order valence-corrected chi connectivity index (χ0v) is 19.5. The minimum Gasteiger partial charge on any atom is -0.367 e. The van der Waals surface area contributed by atoms with Crippen molar-refractivity contribution in [1.29, 1.82) is 0 Å². The number of nitrogens with one attached hydrogen (secondary N) is 2. The van der Waals surface area contributed by atoms with Gasteiger partial charge < -0.3 is 10.6 Å². The van der Waals surface area contributed by atoms with Crippen LogP contribution in [0.15, 0.2) is 47.4 Å². The number of carbonyl (C=O) groups excluding carboxylic acids is 1. The summed E-state index contributed by atoms with van der Waals surface area (Å²) in [6.07, 6.45) is 0.180. The van der Waals surface area contributed by atoms with Gasteiger partial charge in [-0.3, -0.25) is 4.79 Å². The highest BCUT2D eigenvalue weighted by Crippen LogP contribution is 2.16. The Balaban J connectivity index is 1.44. The first-order valence-corrected chi connectivity index (χ1v) is 11.9. The third-order valence-electron chi connectivity index (χ3n) is 4.87. The molecule has 0 radical (unpaired) electrons. The zero-order valence-electron chi connectivity index (χ0n) is 18.7. The van der Waals surface area contributed by atoms with Crippen LogP contribution >= 0.6 is 0 Å². The van der Waals surface area contributed by atoms with Crippen LogP contribution < -0.4 is 10.6 Å². The fraction of sp³-hybridized carbons (Fsp3) is 0.364. The molecule has 170 valence electrons. The lowest BCUT2D eigenvalue weighted by atomic mass is 10.1. The maximum absolute atomic E-state index is 12.2. The van der Waals surface area contributed by atoms with Crippen molar-refractivity contribution in [3.8, 4) is 5.82 Å². The fourth-order valence-electron chi connectivity index (χ4n) is 3.10.